The molecule has 1 heterocycles. The molecule has 68 valence electrons. The fraction of sp³-hybridized carbons (Fsp3) is 0.625. The molecule has 0 fully saturated rings. The van der Waals surface area contributed by atoms with Crippen molar-refractivity contribution >= 4 is 11.3 Å². The van der Waals surface area contributed by atoms with Gasteiger partial charge in [0, 0.05) is 6.54 Å². The van der Waals surface area contributed by atoms with Gasteiger partial charge >= 0.3 is 0 Å². The van der Waals surface area contributed by atoms with E-state index in [1.807, 2.05) is 21.0 Å². The molecule has 0 unspecified atom stereocenters. The van der Waals surface area contributed by atoms with Crippen LogP contribution in [0.5, 0.6) is 5.06 Å². The van der Waals surface area contributed by atoms with Crippen LogP contribution >= 0.6 is 11.3 Å². The second-order valence-electron chi connectivity index (χ2n) is 2.88. The van der Waals surface area contributed by atoms with Gasteiger partial charge in [0.25, 0.3) is 0 Å². The van der Waals surface area contributed by atoms with E-state index < -0.39 is 0 Å². The Hall–Kier alpha value is -0.610. The van der Waals surface area contributed by atoms with Gasteiger partial charge in [-0.15, -0.1) is 0 Å². The van der Waals surface area contributed by atoms with Crippen molar-refractivity contribution in [2.24, 2.45) is 0 Å². The van der Waals surface area contributed by atoms with Crippen LogP contribution in [0.3, 0.4) is 0 Å². The molecule has 0 amide bonds. The standard InChI is InChI=1S/C8H14N2OS/c1-7-8(12-6-9-7)11-5-4-10(2)3/h6H,4-5H2,1-3H3. The normalized spacial score (nSPS) is 10.7. The van der Waals surface area contributed by atoms with Crippen LogP contribution in [0.1, 0.15) is 5.69 Å². The van der Waals surface area contributed by atoms with E-state index >= 15 is 0 Å². The highest BCUT2D eigenvalue weighted by molar-refractivity contribution is 7.11. The SMILES string of the molecule is Cc1ncsc1OCCN(C)C. The van der Waals surface area contributed by atoms with Crippen LogP contribution in [0.4, 0.5) is 0 Å². The molecule has 0 bridgehead atoms. The second-order valence-corrected chi connectivity index (χ2v) is 3.69. The van der Waals surface area contributed by atoms with Gasteiger partial charge in [-0.1, -0.05) is 11.3 Å². The summed E-state index contributed by atoms with van der Waals surface area (Å²) in [7, 11) is 4.06. The Morgan fingerprint density at radius 3 is 2.83 bits per heavy atom. The van der Waals surface area contributed by atoms with Gasteiger partial charge in [-0.2, -0.15) is 0 Å². The second kappa shape index (κ2) is 4.42. The van der Waals surface area contributed by atoms with E-state index in [4.69, 9.17) is 4.74 Å². The van der Waals surface area contributed by atoms with Crippen LogP contribution < -0.4 is 4.74 Å². The number of hydrogen-bond acceptors (Lipinski definition) is 4. The van der Waals surface area contributed by atoms with Crippen LogP contribution in [0, 0.1) is 6.92 Å². The summed E-state index contributed by atoms with van der Waals surface area (Å²) in [5.74, 6) is 0. The highest BCUT2D eigenvalue weighted by Crippen LogP contribution is 2.21. The maximum atomic E-state index is 5.50. The van der Waals surface area contributed by atoms with Gasteiger partial charge < -0.3 is 9.64 Å². The van der Waals surface area contributed by atoms with E-state index in [1.165, 1.54) is 0 Å². The summed E-state index contributed by atoms with van der Waals surface area (Å²) >= 11 is 1.55. The predicted molar refractivity (Wildman–Crippen MR) is 50.9 cm³/mol. The summed E-state index contributed by atoms with van der Waals surface area (Å²) in [6.07, 6.45) is 0. The molecule has 0 aliphatic rings. The molecule has 12 heavy (non-hydrogen) atoms. The Kier molecular flexibility index (Phi) is 3.49. The molecular weight excluding hydrogens is 172 g/mol. The van der Waals surface area contributed by atoms with Crippen molar-refractivity contribution in [2.75, 3.05) is 27.2 Å². The molecule has 0 aliphatic carbocycles. The number of nitrogens with zero attached hydrogens (tertiary/aromatic N) is 2. The molecular formula is C8H14N2OS. The fourth-order valence-electron chi connectivity index (χ4n) is 0.751. The van der Waals surface area contributed by atoms with Gasteiger partial charge in [-0.25, -0.2) is 4.98 Å². The predicted octanol–water partition coefficient (Wildman–Crippen LogP) is 1.39. The third kappa shape index (κ3) is 2.79. The van der Waals surface area contributed by atoms with Crippen LogP contribution in [-0.2, 0) is 0 Å². The quantitative estimate of drug-likeness (QED) is 0.710. The summed E-state index contributed by atoms with van der Waals surface area (Å²) in [6.45, 7) is 3.63. The average molecular weight is 186 g/mol. The number of rotatable bonds is 4. The van der Waals surface area contributed by atoms with Crippen molar-refractivity contribution in [1.29, 1.82) is 0 Å². The van der Waals surface area contributed by atoms with E-state index in [0.717, 1.165) is 23.9 Å². The minimum absolute atomic E-state index is 0.732. The van der Waals surface area contributed by atoms with E-state index in [9.17, 15) is 0 Å². The first-order valence-electron chi connectivity index (χ1n) is 3.88. The lowest BCUT2D eigenvalue weighted by Crippen LogP contribution is -2.19. The van der Waals surface area contributed by atoms with Gasteiger partial charge in [0.1, 0.15) is 6.61 Å². The number of thiazole rings is 1. The zero-order valence-corrected chi connectivity index (χ0v) is 8.52. The molecule has 0 atom stereocenters. The van der Waals surface area contributed by atoms with Gasteiger partial charge in [-0.05, 0) is 21.0 Å². The summed E-state index contributed by atoms with van der Waals surface area (Å²) in [5, 5.41) is 0.942. The number of hydrogen-bond donors (Lipinski definition) is 0. The lowest BCUT2D eigenvalue weighted by Gasteiger charge is -2.09. The molecule has 3 nitrogen and oxygen atoms in total. The smallest absolute Gasteiger partial charge is 0.196 e. The molecule has 1 aromatic rings. The summed E-state index contributed by atoms with van der Waals surface area (Å²) in [6, 6.07) is 0. The van der Waals surface area contributed by atoms with E-state index in [-0.39, 0.29) is 0 Å². The zero-order chi connectivity index (χ0) is 8.97. The minimum Gasteiger partial charge on any atom is -0.481 e. The number of aromatic nitrogens is 1. The van der Waals surface area contributed by atoms with Crippen LogP contribution in [-0.4, -0.2) is 37.1 Å². The molecule has 0 N–H and O–H groups in total. The average Bonchev–Trinajstić information content (AvgIpc) is 2.36. The lowest BCUT2D eigenvalue weighted by molar-refractivity contribution is 0.265. The molecule has 0 aromatic carbocycles. The number of aryl methyl sites for hydroxylation is 1. The van der Waals surface area contributed by atoms with Gasteiger partial charge in [0.2, 0.25) is 0 Å². The van der Waals surface area contributed by atoms with Crippen molar-refractivity contribution in [1.82, 2.24) is 9.88 Å². The first kappa shape index (κ1) is 9.48. The first-order valence-corrected chi connectivity index (χ1v) is 4.75. The van der Waals surface area contributed by atoms with Gasteiger partial charge in [0.15, 0.2) is 5.06 Å². The largest absolute Gasteiger partial charge is 0.481 e. The van der Waals surface area contributed by atoms with Crippen LogP contribution in [0.25, 0.3) is 0 Å². The van der Waals surface area contributed by atoms with Crippen LogP contribution in [0.2, 0.25) is 0 Å². The Labute approximate surface area is 77.0 Å². The van der Waals surface area contributed by atoms with Crippen molar-refractivity contribution < 1.29 is 4.74 Å². The Morgan fingerprint density at radius 1 is 1.58 bits per heavy atom. The summed E-state index contributed by atoms with van der Waals surface area (Å²) < 4.78 is 5.50. The molecule has 1 aromatic heterocycles. The molecule has 0 radical (unpaired) electrons. The van der Waals surface area contributed by atoms with Crippen molar-refractivity contribution in [2.45, 2.75) is 6.92 Å². The lowest BCUT2D eigenvalue weighted by atomic mass is 10.5. The Morgan fingerprint density at radius 2 is 2.33 bits per heavy atom. The minimum atomic E-state index is 0.732. The third-order valence-corrected chi connectivity index (χ3v) is 2.31. The maximum absolute atomic E-state index is 5.50. The highest BCUT2D eigenvalue weighted by Gasteiger charge is 2.01. The first-order chi connectivity index (χ1) is 5.70. The van der Waals surface area contributed by atoms with E-state index in [2.05, 4.69) is 9.88 Å². The fourth-order valence-corrected chi connectivity index (χ4v) is 1.43. The monoisotopic (exact) mass is 186 g/mol. The Bertz CT molecular complexity index is 235. The molecule has 0 aliphatic heterocycles. The zero-order valence-electron chi connectivity index (χ0n) is 7.70. The van der Waals surface area contributed by atoms with Crippen molar-refractivity contribution in [3.05, 3.63) is 11.2 Å². The van der Waals surface area contributed by atoms with Crippen molar-refractivity contribution in [3.63, 3.8) is 0 Å². The third-order valence-electron chi connectivity index (χ3n) is 1.47. The molecule has 1 rings (SSSR count). The van der Waals surface area contributed by atoms with Crippen LogP contribution in [0.15, 0.2) is 5.51 Å². The molecule has 4 heteroatoms. The molecule has 0 saturated heterocycles. The maximum Gasteiger partial charge on any atom is 0.196 e. The summed E-state index contributed by atoms with van der Waals surface area (Å²) in [5.41, 5.74) is 2.79. The summed E-state index contributed by atoms with van der Waals surface area (Å²) in [4.78, 5) is 6.19. The van der Waals surface area contributed by atoms with E-state index in [0.29, 0.717) is 0 Å². The Balaban J connectivity index is 2.29. The highest BCUT2D eigenvalue weighted by atomic mass is 32.1. The van der Waals surface area contributed by atoms with E-state index in [1.54, 1.807) is 16.8 Å². The van der Waals surface area contributed by atoms with Gasteiger partial charge in [0.05, 0.1) is 11.2 Å². The topological polar surface area (TPSA) is 25.4 Å². The number of likely N-dealkylation sites (N-methyl/N-ethyl adjacent to an activating group) is 1. The molecule has 0 spiro atoms. The van der Waals surface area contributed by atoms with Gasteiger partial charge in [-0.3, -0.25) is 0 Å². The number of ether oxygens (including phenoxy) is 1. The van der Waals surface area contributed by atoms with Crippen molar-refractivity contribution in [3.8, 4) is 5.06 Å². The molecule has 0 saturated carbocycles.